The summed E-state index contributed by atoms with van der Waals surface area (Å²) >= 11 is 0. The van der Waals surface area contributed by atoms with Crippen LogP contribution < -0.4 is 10.1 Å². The van der Waals surface area contributed by atoms with Gasteiger partial charge in [0.2, 0.25) is 0 Å². The summed E-state index contributed by atoms with van der Waals surface area (Å²) in [6, 6.07) is 3.74. The lowest BCUT2D eigenvalue weighted by atomic mass is 9.54. The molecule has 1 aromatic carbocycles. The number of hydrogen-bond donors (Lipinski definition) is 2. The molecule has 24 heavy (non-hydrogen) atoms. The van der Waals surface area contributed by atoms with E-state index < -0.39 is 28.6 Å². The molecule has 2 N–H and O–H groups in total. The first kappa shape index (κ1) is 18.2. The van der Waals surface area contributed by atoms with Crippen LogP contribution in [0.4, 0.5) is 4.39 Å². The number of halogens is 1. The van der Waals surface area contributed by atoms with Crippen molar-refractivity contribution in [1.82, 2.24) is 5.32 Å². The van der Waals surface area contributed by atoms with Gasteiger partial charge in [0.25, 0.3) is 5.91 Å². The van der Waals surface area contributed by atoms with Crippen LogP contribution in [-0.4, -0.2) is 42.3 Å². The summed E-state index contributed by atoms with van der Waals surface area (Å²) in [5.41, 5.74) is -2.22. The predicted octanol–water partition coefficient (Wildman–Crippen LogP) is 2.22. The fraction of sp³-hybridized carbons (Fsp3) is 0.529. The van der Waals surface area contributed by atoms with E-state index in [-0.39, 0.29) is 23.8 Å². The van der Waals surface area contributed by atoms with Crippen molar-refractivity contribution in [2.75, 3.05) is 13.7 Å². The maximum Gasteiger partial charge on any atom is 0.330 e. The van der Waals surface area contributed by atoms with E-state index in [0.717, 1.165) is 6.07 Å². The van der Waals surface area contributed by atoms with Crippen molar-refractivity contribution in [3.8, 4) is 5.75 Å². The minimum atomic E-state index is -1.46. The molecule has 1 aromatic rings. The number of methoxy groups -OCH3 is 1. The number of amides is 1. The third kappa shape index (κ3) is 2.73. The van der Waals surface area contributed by atoms with Crippen molar-refractivity contribution < 1.29 is 28.6 Å². The zero-order chi connectivity index (χ0) is 18.1. The van der Waals surface area contributed by atoms with Crippen molar-refractivity contribution >= 4 is 11.9 Å². The molecule has 1 aliphatic carbocycles. The first-order valence-corrected chi connectivity index (χ1v) is 7.70. The molecule has 2 unspecified atom stereocenters. The quantitative estimate of drug-likeness (QED) is 0.830. The molecular weight excluding hydrogens is 317 g/mol. The zero-order valence-corrected chi connectivity index (χ0v) is 14.2. The first-order chi connectivity index (χ1) is 11.2. The van der Waals surface area contributed by atoms with Crippen molar-refractivity contribution in [2.45, 2.75) is 38.8 Å². The van der Waals surface area contributed by atoms with Crippen LogP contribution in [0.3, 0.4) is 0 Å². The normalized spacial score (nSPS) is 24.8. The van der Waals surface area contributed by atoms with Crippen LogP contribution in [0.15, 0.2) is 18.2 Å². The van der Waals surface area contributed by atoms with E-state index in [9.17, 15) is 19.1 Å². The van der Waals surface area contributed by atoms with Gasteiger partial charge in [0.1, 0.15) is 5.54 Å². The van der Waals surface area contributed by atoms with Crippen LogP contribution in [0.1, 0.15) is 37.6 Å². The lowest BCUT2D eigenvalue weighted by molar-refractivity contribution is -0.190. The maximum absolute atomic E-state index is 13.8. The van der Waals surface area contributed by atoms with Gasteiger partial charge in [-0.1, -0.05) is 13.8 Å². The number of carboxylic acids is 1. The molecule has 0 aromatic heterocycles. The molecule has 0 spiro atoms. The Bertz CT molecular complexity index is 660. The summed E-state index contributed by atoms with van der Waals surface area (Å²) in [5.74, 6) is -2.46. The highest BCUT2D eigenvalue weighted by Gasteiger charge is 2.66. The van der Waals surface area contributed by atoms with E-state index in [1.54, 1.807) is 13.8 Å². The van der Waals surface area contributed by atoms with Gasteiger partial charge in [-0.05, 0) is 25.1 Å². The predicted molar refractivity (Wildman–Crippen MR) is 84.6 cm³/mol. The molecule has 1 saturated carbocycles. The van der Waals surface area contributed by atoms with Crippen molar-refractivity contribution in [3.63, 3.8) is 0 Å². The minimum Gasteiger partial charge on any atom is -0.494 e. The van der Waals surface area contributed by atoms with E-state index in [4.69, 9.17) is 9.47 Å². The SMILES string of the molecule is CCOC1CC(NC(=O)c2ccc(OC)c(F)c2)(C(=O)O)C1(C)C. The Morgan fingerprint density at radius 1 is 1.42 bits per heavy atom. The fourth-order valence-electron chi connectivity index (χ4n) is 3.11. The number of aliphatic carboxylic acids is 1. The fourth-order valence-corrected chi connectivity index (χ4v) is 3.11. The molecule has 6 nitrogen and oxygen atoms in total. The summed E-state index contributed by atoms with van der Waals surface area (Å²) in [4.78, 5) is 24.3. The Morgan fingerprint density at radius 2 is 2.08 bits per heavy atom. The highest BCUT2D eigenvalue weighted by molar-refractivity contribution is 5.98. The Kier molecular flexibility index (Phi) is 4.85. The van der Waals surface area contributed by atoms with Crippen molar-refractivity contribution in [2.24, 2.45) is 5.41 Å². The van der Waals surface area contributed by atoms with E-state index in [2.05, 4.69) is 5.32 Å². The Labute approximate surface area is 139 Å². The topological polar surface area (TPSA) is 84.9 Å². The smallest absolute Gasteiger partial charge is 0.330 e. The van der Waals surface area contributed by atoms with Gasteiger partial charge in [0, 0.05) is 24.0 Å². The number of carboxylic acid groups (broad SMARTS) is 1. The largest absolute Gasteiger partial charge is 0.494 e. The van der Waals surface area contributed by atoms with Crippen molar-refractivity contribution in [3.05, 3.63) is 29.6 Å². The van der Waals surface area contributed by atoms with Crippen LogP contribution >= 0.6 is 0 Å². The number of rotatable bonds is 6. The number of carbonyl (C=O) groups excluding carboxylic acids is 1. The molecule has 7 heteroatoms. The number of benzene rings is 1. The molecule has 2 atom stereocenters. The van der Waals surface area contributed by atoms with Gasteiger partial charge < -0.3 is 19.9 Å². The average molecular weight is 339 g/mol. The van der Waals surface area contributed by atoms with E-state index in [1.165, 1.54) is 19.2 Å². The van der Waals surface area contributed by atoms with Gasteiger partial charge >= 0.3 is 5.97 Å². The van der Waals surface area contributed by atoms with Gasteiger partial charge in [0.05, 0.1) is 13.2 Å². The van der Waals surface area contributed by atoms with E-state index >= 15 is 0 Å². The Morgan fingerprint density at radius 3 is 2.54 bits per heavy atom. The maximum atomic E-state index is 13.8. The molecule has 1 aliphatic rings. The number of ether oxygens (including phenoxy) is 2. The third-order valence-corrected chi connectivity index (χ3v) is 4.87. The molecule has 1 fully saturated rings. The van der Waals surface area contributed by atoms with Crippen LogP contribution in [0.2, 0.25) is 0 Å². The average Bonchev–Trinajstić information content (AvgIpc) is 2.52. The monoisotopic (exact) mass is 339 g/mol. The molecule has 132 valence electrons. The van der Waals surface area contributed by atoms with E-state index in [1.807, 2.05) is 6.92 Å². The van der Waals surface area contributed by atoms with Crippen LogP contribution in [-0.2, 0) is 9.53 Å². The molecule has 0 saturated heterocycles. The van der Waals surface area contributed by atoms with Gasteiger partial charge in [-0.2, -0.15) is 0 Å². The molecule has 0 heterocycles. The summed E-state index contributed by atoms with van der Waals surface area (Å²) in [5, 5.41) is 12.2. The second-order valence-electron chi connectivity index (χ2n) is 6.38. The van der Waals surface area contributed by atoms with Crippen LogP contribution in [0.25, 0.3) is 0 Å². The lowest BCUT2D eigenvalue weighted by Gasteiger charge is -2.58. The Hall–Kier alpha value is -2.15. The molecule has 0 bridgehead atoms. The first-order valence-electron chi connectivity index (χ1n) is 7.70. The second-order valence-corrected chi connectivity index (χ2v) is 6.38. The summed E-state index contributed by atoms with van der Waals surface area (Å²) in [7, 11) is 1.32. The molecule has 2 rings (SSSR count). The number of nitrogens with one attached hydrogen (secondary N) is 1. The number of hydrogen-bond acceptors (Lipinski definition) is 4. The van der Waals surface area contributed by atoms with Crippen LogP contribution in [0.5, 0.6) is 5.75 Å². The van der Waals surface area contributed by atoms with Gasteiger partial charge in [-0.3, -0.25) is 4.79 Å². The molecule has 1 amide bonds. The molecular formula is C17H22FNO5. The minimum absolute atomic E-state index is 0.0138. The highest BCUT2D eigenvalue weighted by atomic mass is 19.1. The van der Waals surface area contributed by atoms with Gasteiger partial charge in [-0.15, -0.1) is 0 Å². The Balaban J connectivity index is 2.25. The summed E-state index contributed by atoms with van der Waals surface area (Å²) < 4.78 is 24.1. The van der Waals surface area contributed by atoms with Crippen molar-refractivity contribution in [1.29, 1.82) is 0 Å². The highest BCUT2D eigenvalue weighted by Crippen LogP contribution is 2.51. The zero-order valence-electron chi connectivity index (χ0n) is 14.2. The van der Waals surface area contributed by atoms with Crippen LogP contribution in [0, 0.1) is 11.2 Å². The molecule has 0 radical (unpaired) electrons. The lowest BCUT2D eigenvalue weighted by Crippen LogP contribution is -2.76. The third-order valence-electron chi connectivity index (χ3n) is 4.87. The summed E-state index contributed by atoms with van der Waals surface area (Å²) in [6.45, 7) is 5.76. The molecule has 0 aliphatic heterocycles. The van der Waals surface area contributed by atoms with Gasteiger partial charge in [-0.25, -0.2) is 9.18 Å². The standard InChI is InChI=1S/C17H22FNO5/c1-5-24-13-9-17(15(21)22,16(13,2)3)19-14(20)10-6-7-12(23-4)11(18)8-10/h6-8,13H,5,9H2,1-4H3,(H,19,20)(H,21,22). The van der Waals surface area contributed by atoms with E-state index in [0.29, 0.717) is 6.61 Å². The summed E-state index contributed by atoms with van der Waals surface area (Å²) in [6.07, 6.45) is -0.111. The second kappa shape index (κ2) is 6.39. The van der Waals surface area contributed by atoms with Gasteiger partial charge in [0.15, 0.2) is 11.6 Å². The number of carbonyl (C=O) groups is 2.